The molecule has 108 valence electrons. The number of benzene rings is 1. The van der Waals surface area contributed by atoms with Crippen molar-refractivity contribution in [1.82, 2.24) is 0 Å². The lowest BCUT2D eigenvalue weighted by atomic mass is 10.1. The molecule has 2 rings (SSSR count). The highest BCUT2D eigenvalue weighted by atomic mass is 16.5. The Morgan fingerprint density at radius 3 is 2.67 bits per heavy atom. The summed E-state index contributed by atoms with van der Waals surface area (Å²) in [6, 6.07) is 10.6. The van der Waals surface area contributed by atoms with Crippen molar-refractivity contribution < 1.29 is 18.9 Å². The van der Waals surface area contributed by atoms with E-state index in [1.54, 1.807) is 42.0 Å². The van der Waals surface area contributed by atoms with Gasteiger partial charge in [-0.3, -0.25) is 4.79 Å². The molecule has 0 saturated carbocycles. The van der Waals surface area contributed by atoms with Crippen LogP contribution < -0.4 is 10.3 Å². The molecule has 0 atom stereocenters. The molecule has 0 radical (unpaired) electrons. The molecule has 2 N–H and O–H groups in total. The molecule has 2 aromatic rings. The van der Waals surface area contributed by atoms with E-state index in [9.17, 15) is 9.59 Å². The Bertz CT molecular complexity index is 668. The van der Waals surface area contributed by atoms with Gasteiger partial charge in [0.2, 0.25) is 0 Å². The molecule has 1 aromatic heterocycles. The number of carbonyl (C=O) groups is 2. The number of nitrogens with zero attached hydrogens (tertiary/aromatic N) is 1. The summed E-state index contributed by atoms with van der Waals surface area (Å²) in [5.41, 5.74) is 7.04. The van der Waals surface area contributed by atoms with E-state index in [2.05, 4.69) is 0 Å². The van der Waals surface area contributed by atoms with Crippen LogP contribution in [0.2, 0.25) is 0 Å². The Labute approximate surface area is 123 Å². The maximum absolute atomic E-state index is 11.9. The van der Waals surface area contributed by atoms with Gasteiger partial charge in [-0.2, -0.15) is 4.57 Å². The van der Waals surface area contributed by atoms with Crippen molar-refractivity contribution in [2.75, 3.05) is 6.61 Å². The summed E-state index contributed by atoms with van der Waals surface area (Å²) in [6.07, 6.45) is 3.47. The van der Waals surface area contributed by atoms with Crippen LogP contribution in [-0.4, -0.2) is 18.5 Å². The van der Waals surface area contributed by atoms with Crippen molar-refractivity contribution in [2.45, 2.75) is 13.5 Å². The van der Waals surface area contributed by atoms with Crippen LogP contribution in [0, 0.1) is 0 Å². The van der Waals surface area contributed by atoms with Crippen LogP contribution in [0.4, 0.5) is 0 Å². The standard InChI is InChI=1S/C16H16N2O3/c1-2-21-16(20)14-8-4-3-6-12(14)10-18-9-5-7-13(11-18)15(17)19/h3-9,11H,2,10H2,1H3,(H-,17,19)/p+1. The fourth-order valence-electron chi connectivity index (χ4n) is 2.03. The highest BCUT2D eigenvalue weighted by Gasteiger charge is 2.15. The molecule has 5 heteroatoms. The smallest absolute Gasteiger partial charge is 0.338 e. The topological polar surface area (TPSA) is 73.3 Å². The van der Waals surface area contributed by atoms with Gasteiger partial charge in [0, 0.05) is 11.6 Å². The number of hydrogen-bond donors (Lipinski definition) is 1. The molecule has 5 nitrogen and oxygen atoms in total. The summed E-state index contributed by atoms with van der Waals surface area (Å²) in [5, 5.41) is 0. The molecule has 0 bridgehead atoms. The van der Waals surface area contributed by atoms with Crippen LogP contribution in [0.5, 0.6) is 0 Å². The maximum Gasteiger partial charge on any atom is 0.338 e. The fraction of sp³-hybridized carbons (Fsp3) is 0.188. The first-order valence-corrected chi connectivity index (χ1v) is 6.65. The third kappa shape index (κ3) is 3.66. The first-order valence-electron chi connectivity index (χ1n) is 6.65. The highest BCUT2D eigenvalue weighted by Crippen LogP contribution is 2.10. The largest absolute Gasteiger partial charge is 0.462 e. The second-order valence-corrected chi connectivity index (χ2v) is 4.51. The number of aromatic nitrogens is 1. The van der Waals surface area contributed by atoms with E-state index in [1.165, 1.54) is 0 Å². The SMILES string of the molecule is CCOC(=O)c1ccccc1C[n+]1cccc(C(N)=O)c1. The number of primary amides is 1. The van der Waals surface area contributed by atoms with Crippen molar-refractivity contribution in [3.05, 3.63) is 65.5 Å². The molecule has 0 unspecified atom stereocenters. The lowest BCUT2D eigenvalue weighted by Gasteiger charge is -2.06. The Balaban J connectivity index is 2.29. The number of esters is 1. The predicted octanol–water partition coefficient (Wildman–Crippen LogP) is 1.30. The zero-order valence-electron chi connectivity index (χ0n) is 11.8. The number of nitrogens with two attached hydrogens (primary N) is 1. The molecule has 0 spiro atoms. The first-order chi connectivity index (χ1) is 10.1. The Kier molecular flexibility index (Phi) is 4.66. The average Bonchev–Trinajstić information content (AvgIpc) is 2.48. The lowest BCUT2D eigenvalue weighted by Crippen LogP contribution is -2.35. The van der Waals surface area contributed by atoms with Gasteiger partial charge < -0.3 is 10.5 Å². The normalized spacial score (nSPS) is 10.1. The van der Waals surface area contributed by atoms with E-state index in [0.717, 1.165) is 5.56 Å². The third-order valence-electron chi connectivity index (χ3n) is 3.01. The van der Waals surface area contributed by atoms with Crippen LogP contribution in [0.25, 0.3) is 0 Å². The van der Waals surface area contributed by atoms with E-state index in [1.807, 2.05) is 18.3 Å². The summed E-state index contributed by atoms with van der Waals surface area (Å²) < 4.78 is 6.85. The van der Waals surface area contributed by atoms with Crippen molar-refractivity contribution in [1.29, 1.82) is 0 Å². The highest BCUT2D eigenvalue weighted by molar-refractivity contribution is 5.92. The summed E-state index contributed by atoms with van der Waals surface area (Å²) in [7, 11) is 0. The Hall–Kier alpha value is -2.69. The molecule has 1 amide bonds. The molecule has 0 aliphatic rings. The van der Waals surface area contributed by atoms with Gasteiger partial charge in [-0.15, -0.1) is 0 Å². The second-order valence-electron chi connectivity index (χ2n) is 4.51. The van der Waals surface area contributed by atoms with Gasteiger partial charge in [0.1, 0.15) is 5.56 Å². The van der Waals surface area contributed by atoms with Crippen molar-refractivity contribution in [2.24, 2.45) is 5.73 Å². The zero-order chi connectivity index (χ0) is 15.2. The number of amides is 1. The van der Waals surface area contributed by atoms with Crippen LogP contribution in [0.15, 0.2) is 48.8 Å². The molecular weight excluding hydrogens is 268 g/mol. The molecule has 1 heterocycles. The third-order valence-corrected chi connectivity index (χ3v) is 3.01. The minimum absolute atomic E-state index is 0.331. The minimum atomic E-state index is -0.483. The number of carbonyl (C=O) groups excluding carboxylic acids is 2. The molecule has 0 fully saturated rings. The fourth-order valence-corrected chi connectivity index (χ4v) is 2.03. The minimum Gasteiger partial charge on any atom is -0.462 e. The van der Waals surface area contributed by atoms with Crippen molar-refractivity contribution >= 4 is 11.9 Å². The van der Waals surface area contributed by atoms with Crippen LogP contribution in [0.1, 0.15) is 33.2 Å². The monoisotopic (exact) mass is 285 g/mol. The zero-order valence-corrected chi connectivity index (χ0v) is 11.8. The van der Waals surface area contributed by atoms with E-state index in [0.29, 0.717) is 24.3 Å². The van der Waals surface area contributed by atoms with Crippen molar-refractivity contribution in [3.63, 3.8) is 0 Å². The molecule has 1 aromatic carbocycles. The number of ether oxygens (including phenoxy) is 1. The van der Waals surface area contributed by atoms with Gasteiger partial charge in [-0.1, -0.05) is 18.2 Å². The molecule has 0 aliphatic heterocycles. The maximum atomic E-state index is 11.9. The number of pyridine rings is 1. The van der Waals surface area contributed by atoms with Crippen LogP contribution in [0.3, 0.4) is 0 Å². The average molecular weight is 285 g/mol. The Morgan fingerprint density at radius 1 is 1.19 bits per heavy atom. The molecule has 21 heavy (non-hydrogen) atoms. The lowest BCUT2D eigenvalue weighted by molar-refractivity contribution is -0.688. The van der Waals surface area contributed by atoms with E-state index in [4.69, 9.17) is 10.5 Å². The number of rotatable bonds is 5. The van der Waals surface area contributed by atoms with Gasteiger partial charge in [0.05, 0.1) is 12.2 Å². The summed E-state index contributed by atoms with van der Waals surface area (Å²) >= 11 is 0. The summed E-state index contributed by atoms with van der Waals surface area (Å²) in [5.74, 6) is -0.831. The van der Waals surface area contributed by atoms with Crippen LogP contribution >= 0.6 is 0 Å². The van der Waals surface area contributed by atoms with E-state index in [-0.39, 0.29) is 5.97 Å². The molecular formula is C16H17N2O3+. The molecule has 0 saturated heterocycles. The van der Waals surface area contributed by atoms with Crippen molar-refractivity contribution in [3.8, 4) is 0 Å². The quantitative estimate of drug-likeness (QED) is 0.664. The molecule has 0 aliphatic carbocycles. The van der Waals surface area contributed by atoms with Gasteiger partial charge in [0.25, 0.3) is 5.91 Å². The summed E-state index contributed by atoms with van der Waals surface area (Å²) in [4.78, 5) is 23.1. The predicted molar refractivity (Wildman–Crippen MR) is 76.7 cm³/mol. The van der Waals surface area contributed by atoms with Gasteiger partial charge in [-0.25, -0.2) is 4.79 Å². The van der Waals surface area contributed by atoms with Crippen LogP contribution in [-0.2, 0) is 11.3 Å². The summed E-state index contributed by atoms with van der Waals surface area (Å²) in [6.45, 7) is 2.55. The second kappa shape index (κ2) is 6.65. The Morgan fingerprint density at radius 2 is 1.95 bits per heavy atom. The number of hydrogen-bond acceptors (Lipinski definition) is 3. The van der Waals surface area contributed by atoms with E-state index < -0.39 is 5.91 Å². The van der Waals surface area contributed by atoms with Gasteiger partial charge in [0.15, 0.2) is 18.9 Å². The first kappa shape index (κ1) is 14.7. The van der Waals surface area contributed by atoms with E-state index >= 15 is 0 Å². The van der Waals surface area contributed by atoms with Gasteiger partial charge in [-0.05, 0) is 19.1 Å². The van der Waals surface area contributed by atoms with Gasteiger partial charge >= 0.3 is 5.97 Å².